The molecule has 0 amide bonds. The number of nitrogens with zero attached hydrogens (tertiary/aromatic N) is 1. The van der Waals surface area contributed by atoms with Gasteiger partial charge >= 0.3 is 0 Å². The maximum Gasteiger partial charge on any atom is 0.262 e. The van der Waals surface area contributed by atoms with E-state index >= 15 is 0 Å². The Kier molecular flexibility index (Phi) is 5.90. The summed E-state index contributed by atoms with van der Waals surface area (Å²) in [5, 5.41) is 0. The largest absolute Gasteiger partial charge is 0.497 e. The zero-order chi connectivity index (χ0) is 20.1. The molecule has 0 aliphatic heterocycles. The second-order valence-corrected chi connectivity index (χ2v) is 8.28. The van der Waals surface area contributed by atoms with Gasteiger partial charge in [0.2, 0.25) is 0 Å². The number of anilines is 2. The number of methoxy groups -OCH3 is 1. The van der Waals surface area contributed by atoms with E-state index in [9.17, 15) is 8.42 Å². The standard InChI is InChI=1S/C22H24N2O3S/c1-17-15-21(27-3)13-14-22(17)28(25,26)23-19-9-11-20(12-10-19)24(2)16-18-7-5-4-6-8-18/h4-15,23H,16H2,1-3H3. The van der Waals surface area contributed by atoms with Gasteiger partial charge in [-0.15, -0.1) is 0 Å². The molecule has 3 aromatic carbocycles. The molecular weight excluding hydrogens is 372 g/mol. The van der Waals surface area contributed by atoms with Gasteiger partial charge in [0.05, 0.1) is 12.0 Å². The molecule has 5 nitrogen and oxygen atoms in total. The minimum Gasteiger partial charge on any atom is -0.497 e. The van der Waals surface area contributed by atoms with Crippen molar-refractivity contribution in [1.82, 2.24) is 0 Å². The summed E-state index contributed by atoms with van der Waals surface area (Å²) >= 11 is 0. The van der Waals surface area contributed by atoms with E-state index in [1.54, 1.807) is 44.4 Å². The molecule has 3 rings (SSSR count). The molecule has 0 aromatic heterocycles. The quantitative estimate of drug-likeness (QED) is 0.641. The van der Waals surface area contributed by atoms with Crippen molar-refractivity contribution < 1.29 is 13.2 Å². The zero-order valence-electron chi connectivity index (χ0n) is 16.2. The number of ether oxygens (including phenoxy) is 1. The van der Waals surface area contributed by atoms with E-state index < -0.39 is 10.0 Å². The maximum atomic E-state index is 12.7. The highest BCUT2D eigenvalue weighted by Crippen LogP contribution is 2.25. The van der Waals surface area contributed by atoms with E-state index in [1.165, 1.54) is 5.56 Å². The molecule has 0 heterocycles. The number of hydrogen-bond acceptors (Lipinski definition) is 4. The van der Waals surface area contributed by atoms with Crippen molar-refractivity contribution in [3.05, 3.63) is 83.9 Å². The van der Waals surface area contributed by atoms with Crippen LogP contribution in [0.25, 0.3) is 0 Å². The van der Waals surface area contributed by atoms with Crippen LogP contribution in [0.4, 0.5) is 11.4 Å². The van der Waals surface area contributed by atoms with Crippen LogP contribution in [-0.4, -0.2) is 22.6 Å². The lowest BCUT2D eigenvalue weighted by atomic mass is 10.2. The first-order chi connectivity index (χ1) is 13.4. The van der Waals surface area contributed by atoms with E-state index in [0.29, 0.717) is 17.0 Å². The smallest absolute Gasteiger partial charge is 0.262 e. The molecule has 0 radical (unpaired) electrons. The first-order valence-corrected chi connectivity index (χ1v) is 10.4. The van der Waals surface area contributed by atoms with Crippen LogP contribution in [0.5, 0.6) is 5.75 Å². The second-order valence-electron chi connectivity index (χ2n) is 6.63. The summed E-state index contributed by atoms with van der Waals surface area (Å²) in [5.41, 5.74) is 3.37. The van der Waals surface area contributed by atoms with Crippen molar-refractivity contribution in [2.24, 2.45) is 0 Å². The van der Waals surface area contributed by atoms with Gasteiger partial charge in [0.25, 0.3) is 10.0 Å². The van der Waals surface area contributed by atoms with Gasteiger partial charge in [-0.1, -0.05) is 30.3 Å². The Morgan fingerprint density at radius 1 is 0.964 bits per heavy atom. The molecule has 0 atom stereocenters. The topological polar surface area (TPSA) is 58.6 Å². The Hall–Kier alpha value is -2.99. The number of nitrogens with one attached hydrogen (secondary N) is 1. The molecule has 0 aliphatic rings. The van der Waals surface area contributed by atoms with Crippen molar-refractivity contribution in [2.75, 3.05) is 23.8 Å². The lowest BCUT2D eigenvalue weighted by molar-refractivity contribution is 0.414. The molecular formula is C22H24N2O3S. The van der Waals surface area contributed by atoms with Gasteiger partial charge in [0.1, 0.15) is 5.75 Å². The second kappa shape index (κ2) is 8.35. The van der Waals surface area contributed by atoms with Crippen molar-refractivity contribution in [1.29, 1.82) is 0 Å². The molecule has 0 unspecified atom stereocenters. The van der Waals surface area contributed by atoms with Crippen LogP contribution in [0.2, 0.25) is 0 Å². The minimum atomic E-state index is -3.67. The van der Waals surface area contributed by atoms with Crippen LogP contribution in [0.1, 0.15) is 11.1 Å². The molecule has 3 aromatic rings. The third kappa shape index (κ3) is 4.64. The number of hydrogen-bond donors (Lipinski definition) is 1. The normalized spacial score (nSPS) is 11.1. The van der Waals surface area contributed by atoms with Crippen molar-refractivity contribution in [3.63, 3.8) is 0 Å². The zero-order valence-corrected chi connectivity index (χ0v) is 17.0. The van der Waals surface area contributed by atoms with Gasteiger partial charge in [0, 0.05) is 25.0 Å². The van der Waals surface area contributed by atoms with Gasteiger partial charge in [0.15, 0.2) is 0 Å². The summed E-state index contributed by atoms with van der Waals surface area (Å²) in [4.78, 5) is 2.35. The summed E-state index contributed by atoms with van der Waals surface area (Å²) in [6.45, 7) is 2.52. The van der Waals surface area contributed by atoms with E-state index in [1.807, 2.05) is 37.4 Å². The third-order valence-corrected chi connectivity index (χ3v) is 6.04. The highest BCUT2D eigenvalue weighted by atomic mass is 32.2. The Balaban J connectivity index is 1.73. The monoisotopic (exact) mass is 396 g/mol. The van der Waals surface area contributed by atoms with E-state index in [2.05, 4.69) is 21.8 Å². The van der Waals surface area contributed by atoms with Crippen LogP contribution in [0.15, 0.2) is 77.7 Å². The molecule has 0 aliphatic carbocycles. The highest BCUT2D eigenvalue weighted by molar-refractivity contribution is 7.92. The SMILES string of the molecule is COc1ccc(S(=O)(=O)Nc2ccc(N(C)Cc3ccccc3)cc2)c(C)c1. The summed E-state index contributed by atoms with van der Waals surface area (Å²) in [6, 6.07) is 22.4. The van der Waals surface area contributed by atoms with Gasteiger partial charge < -0.3 is 9.64 Å². The molecule has 0 fully saturated rings. The van der Waals surface area contributed by atoms with Gasteiger partial charge in [-0.3, -0.25) is 4.72 Å². The lowest BCUT2D eigenvalue weighted by Gasteiger charge is -2.20. The molecule has 0 saturated carbocycles. The van der Waals surface area contributed by atoms with Crippen LogP contribution >= 0.6 is 0 Å². The van der Waals surface area contributed by atoms with Gasteiger partial charge in [-0.2, -0.15) is 0 Å². The van der Waals surface area contributed by atoms with E-state index in [-0.39, 0.29) is 4.90 Å². The fraction of sp³-hybridized carbons (Fsp3) is 0.182. The predicted octanol–water partition coefficient (Wildman–Crippen LogP) is 4.44. The summed E-state index contributed by atoms with van der Waals surface area (Å²) in [6.07, 6.45) is 0. The van der Waals surface area contributed by atoms with E-state index in [0.717, 1.165) is 12.2 Å². The average molecular weight is 397 g/mol. The molecule has 28 heavy (non-hydrogen) atoms. The predicted molar refractivity (Wildman–Crippen MR) is 114 cm³/mol. The molecule has 0 bridgehead atoms. The Morgan fingerprint density at radius 3 is 2.25 bits per heavy atom. The summed E-state index contributed by atoms with van der Waals surface area (Å²) < 4.78 is 33.2. The van der Waals surface area contributed by atoms with E-state index in [4.69, 9.17) is 4.74 Å². The first kappa shape index (κ1) is 19.8. The fourth-order valence-corrected chi connectivity index (χ4v) is 4.28. The van der Waals surface area contributed by atoms with Crippen molar-refractivity contribution in [2.45, 2.75) is 18.4 Å². The van der Waals surface area contributed by atoms with Crippen molar-refractivity contribution >= 4 is 21.4 Å². The summed E-state index contributed by atoms with van der Waals surface area (Å²) in [7, 11) is -0.110. The number of rotatable bonds is 7. The van der Waals surface area contributed by atoms with Crippen LogP contribution in [-0.2, 0) is 16.6 Å². The maximum absolute atomic E-state index is 12.7. The van der Waals surface area contributed by atoms with Crippen LogP contribution in [0, 0.1) is 6.92 Å². The average Bonchev–Trinajstić information content (AvgIpc) is 2.68. The van der Waals surface area contributed by atoms with Gasteiger partial charge in [-0.25, -0.2) is 8.42 Å². The lowest BCUT2D eigenvalue weighted by Crippen LogP contribution is -2.17. The molecule has 1 N–H and O–H groups in total. The fourth-order valence-electron chi connectivity index (χ4n) is 2.99. The first-order valence-electron chi connectivity index (χ1n) is 8.91. The number of aryl methyl sites for hydroxylation is 1. The Labute approximate surface area is 166 Å². The Morgan fingerprint density at radius 2 is 1.64 bits per heavy atom. The van der Waals surface area contributed by atoms with Crippen LogP contribution in [0.3, 0.4) is 0 Å². The minimum absolute atomic E-state index is 0.235. The summed E-state index contributed by atoms with van der Waals surface area (Å²) in [5.74, 6) is 0.627. The molecule has 6 heteroatoms. The molecule has 0 spiro atoms. The third-order valence-electron chi connectivity index (χ3n) is 4.49. The number of benzene rings is 3. The van der Waals surface area contributed by atoms with Gasteiger partial charge in [-0.05, 0) is 60.5 Å². The number of sulfonamides is 1. The Bertz CT molecular complexity index is 1030. The molecule has 146 valence electrons. The van der Waals surface area contributed by atoms with Crippen LogP contribution < -0.4 is 14.4 Å². The van der Waals surface area contributed by atoms with Crippen molar-refractivity contribution in [3.8, 4) is 5.75 Å². The molecule has 0 saturated heterocycles. The highest BCUT2D eigenvalue weighted by Gasteiger charge is 2.17.